The van der Waals surface area contributed by atoms with Gasteiger partial charge >= 0.3 is 7.82 Å². The van der Waals surface area contributed by atoms with Crippen molar-refractivity contribution in [1.29, 1.82) is 0 Å². The van der Waals surface area contributed by atoms with Crippen molar-refractivity contribution >= 4 is 40.7 Å². The predicted molar refractivity (Wildman–Crippen MR) is 131 cm³/mol. The molecule has 206 valence electrons. The molecule has 38 heavy (non-hydrogen) atoms. The molecule has 2 aromatic heterocycles. The summed E-state index contributed by atoms with van der Waals surface area (Å²) in [6.45, 7) is 4.01. The number of imidazole rings is 1. The van der Waals surface area contributed by atoms with E-state index in [1.54, 1.807) is 13.8 Å². The van der Waals surface area contributed by atoms with Gasteiger partial charge < -0.3 is 20.7 Å². The van der Waals surface area contributed by atoms with Crippen LogP contribution in [0.15, 0.2) is 29.3 Å². The van der Waals surface area contributed by atoms with Crippen LogP contribution in [0.4, 0.5) is 14.6 Å². The van der Waals surface area contributed by atoms with Gasteiger partial charge in [0, 0.05) is 16.5 Å². The minimum Gasteiger partial charge on any atom is -0.387 e. The number of aromatic nitrogens is 4. The van der Waals surface area contributed by atoms with E-state index in [1.807, 2.05) is 0 Å². The third-order valence-electron chi connectivity index (χ3n) is 6.45. The molecule has 0 spiro atoms. The Bertz CT molecular complexity index is 1440. The highest BCUT2D eigenvalue weighted by molar-refractivity contribution is 9.10. The van der Waals surface area contributed by atoms with Gasteiger partial charge in [0.15, 0.2) is 29.3 Å². The summed E-state index contributed by atoms with van der Waals surface area (Å²) in [5.41, 5.74) is 3.24. The number of hydrogen-bond donors (Lipinski definition) is 3. The van der Waals surface area contributed by atoms with Gasteiger partial charge in [0.2, 0.25) is 0 Å². The largest absolute Gasteiger partial charge is 0.476 e. The summed E-state index contributed by atoms with van der Waals surface area (Å²) in [6, 6.07) is 2.29. The van der Waals surface area contributed by atoms with Crippen LogP contribution in [-0.2, 0) is 22.9 Å². The minimum atomic E-state index is -4.39. The number of fused-ring (bicyclic) bond motifs is 1. The standard InChI is InChI=1S/C22H25BrF2N5O7P/c1-21(2)6-13(11-4-10(23)5-12(24)15(11)25)36-38(33,37-21)34-7-14-17(31)22(3,32)20(35-14)30-9-29-16-18(26)27-8-28-19(16)30/h4-5,8-9,13-14,17,20,31-32H,6-7H2,1-3H3,(H2,26,27,28)/t13-,14+,17+,20+,22+,38?/m0/s1. The van der Waals surface area contributed by atoms with Crippen LogP contribution in [0.3, 0.4) is 0 Å². The SMILES string of the molecule is CC1(C)C[C@@H](c2cc(Br)cc(F)c2F)OP(=O)(OC[C@H]2O[C@@H](n3cnc4c(N)ncnc43)[C@](C)(O)[C@@H]2O)O1. The van der Waals surface area contributed by atoms with E-state index in [2.05, 4.69) is 30.9 Å². The molecular weight excluding hydrogens is 595 g/mol. The third kappa shape index (κ3) is 4.86. The van der Waals surface area contributed by atoms with Crippen LogP contribution in [0.25, 0.3) is 11.2 Å². The maximum Gasteiger partial charge on any atom is 0.476 e. The van der Waals surface area contributed by atoms with Crippen LogP contribution < -0.4 is 5.73 Å². The van der Waals surface area contributed by atoms with Crippen molar-refractivity contribution in [2.24, 2.45) is 0 Å². The molecule has 5 rings (SSSR count). The smallest absolute Gasteiger partial charge is 0.387 e. The number of aliphatic hydroxyl groups excluding tert-OH is 1. The van der Waals surface area contributed by atoms with Gasteiger partial charge in [-0.05, 0) is 32.9 Å². The van der Waals surface area contributed by atoms with Crippen molar-refractivity contribution in [3.05, 3.63) is 46.5 Å². The van der Waals surface area contributed by atoms with Crippen molar-refractivity contribution in [2.75, 3.05) is 12.3 Å². The average Bonchev–Trinajstić information content (AvgIpc) is 3.33. The van der Waals surface area contributed by atoms with E-state index in [0.717, 1.165) is 6.07 Å². The number of aliphatic hydroxyl groups is 2. The maximum atomic E-state index is 14.6. The highest BCUT2D eigenvalue weighted by Crippen LogP contribution is 2.62. The monoisotopic (exact) mass is 619 g/mol. The van der Waals surface area contributed by atoms with Gasteiger partial charge in [0.25, 0.3) is 0 Å². The lowest BCUT2D eigenvalue weighted by atomic mass is 9.96. The highest BCUT2D eigenvalue weighted by Gasteiger charge is 2.55. The van der Waals surface area contributed by atoms with Crippen LogP contribution in [0.5, 0.6) is 0 Å². The number of nitrogens with zero attached hydrogens (tertiary/aromatic N) is 4. The molecule has 0 bridgehead atoms. The van der Waals surface area contributed by atoms with Crippen molar-refractivity contribution in [1.82, 2.24) is 19.5 Å². The molecular formula is C22H25BrF2N5O7P. The van der Waals surface area contributed by atoms with Crippen LogP contribution in [0, 0.1) is 11.6 Å². The van der Waals surface area contributed by atoms with Crippen LogP contribution in [0.1, 0.15) is 45.1 Å². The number of rotatable bonds is 5. The first-order valence-corrected chi connectivity index (χ1v) is 13.7. The van der Waals surface area contributed by atoms with Crippen LogP contribution >= 0.6 is 23.8 Å². The molecule has 1 unspecified atom stereocenters. The van der Waals surface area contributed by atoms with Gasteiger partial charge in [-0.3, -0.25) is 18.1 Å². The normalized spacial score (nSPS) is 33.2. The second-order valence-corrected chi connectivity index (χ2v) is 12.4. The molecule has 0 amide bonds. The van der Waals surface area contributed by atoms with E-state index in [9.17, 15) is 23.6 Å². The molecule has 16 heteroatoms. The van der Waals surface area contributed by atoms with E-state index < -0.39 is 61.8 Å². The number of anilines is 1. The topological polar surface area (TPSA) is 164 Å². The Morgan fingerprint density at radius 3 is 2.76 bits per heavy atom. The van der Waals surface area contributed by atoms with Crippen LogP contribution in [0.2, 0.25) is 0 Å². The van der Waals surface area contributed by atoms with Gasteiger partial charge in [-0.25, -0.2) is 28.3 Å². The number of nitrogen functional groups attached to an aromatic ring is 1. The third-order valence-corrected chi connectivity index (χ3v) is 8.61. The fourth-order valence-electron chi connectivity index (χ4n) is 4.62. The van der Waals surface area contributed by atoms with Gasteiger partial charge in [-0.1, -0.05) is 15.9 Å². The minimum absolute atomic E-state index is 0.0468. The zero-order valence-electron chi connectivity index (χ0n) is 20.4. The quantitative estimate of drug-likeness (QED) is 0.282. The Morgan fingerprint density at radius 1 is 1.29 bits per heavy atom. The predicted octanol–water partition coefficient (Wildman–Crippen LogP) is 3.54. The Labute approximate surface area is 223 Å². The number of phosphoric ester groups is 1. The van der Waals surface area contributed by atoms with Crippen molar-refractivity contribution in [3.8, 4) is 0 Å². The number of halogens is 3. The summed E-state index contributed by atoms with van der Waals surface area (Å²) < 4.78 is 66.3. The van der Waals surface area contributed by atoms with Crippen LogP contribution in [-0.4, -0.2) is 59.7 Å². The molecule has 2 aliphatic heterocycles. The molecule has 0 radical (unpaired) electrons. The Kier molecular flexibility index (Phi) is 6.88. The lowest BCUT2D eigenvalue weighted by molar-refractivity contribution is -0.0967. The number of nitrogens with two attached hydrogens (primary N) is 1. The summed E-state index contributed by atoms with van der Waals surface area (Å²) in [5, 5.41) is 21.9. The first-order chi connectivity index (χ1) is 17.7. The van der Waals surface area contributed by atoms with Gasteiger partial charge in [-0.2, -0.15) is 0 Å². The molecule has 0 saturated carbocycles. The summed E-state index contributed by atoms with van der Waals surface area (Å²) in [4.78, 5) is 12.1. The first kappa shape index (κ1) is 27.5. The first-order valence-electron chi connectivity index (χ1n) is 11.5. The second-order valence-electron chi connectivity index (χ2n) is 9.96. The van der Waals surface area contributed by atoms with E-state index in [-0.39, 0.29) is 33.4 Å². The van der Waals surface area contributed by atoms with E-state index >= 15 is 0 Å². The molecule has 4 N–H and O–H groups in total. The van der Waals surface area contributed by atoms with Gasteiger partial charge in [-0.15, -0.1) is 0 Å². The summed E-state index contributed by atoms with van der Waals surface area (Å²) in [5.74, 6) is -2.13. The molecule has 6 atom stereocenters. The number of ether oxygens (including phenoxy) is 1. The van der Waals surface area contributed by atoms with Crippen molar-refractivity contribution in [3.63, 3.8) is 0 Å². The molecule has 2 aliphatic rings. The zero-order valence-corrected chi connectivity index (χ0v) is 22.9. The van der Waals surface area contributed by atoms with E-state index in [1.165, 1.54) is 30.2 Å². The van der Waals surface area contributed by atoms with Crippen molar-refractivity contribution in [2.45, 2.75) is 62.9 Å². The molecule has 1 aromatic carbocycles. The molecule has 12 nitrogen and oxygen atoms in total. The second kappa shape index (κ2) is 9.52. The van der Waals surface area contributed by atoms with Gasteiger partial charge in [0.1, 0.15) is 35.8 Å². The van der Waals surface area contributed by atoms with E-state index in [0.29, 0.717) is 0 Å². The van der Waals surface area contributed by atoms with E-state index in [4.69, 9.17) is 24.0 Å². The Balaban J connectivity index is 1.37. The highest BCUT2D eigenvalue weighted by atomic mass is 79.9. The molecule has 3 aromatic rings. The number of benzene rings is 1. The Hall–Kier alpha value is -2.10. The lowest BCUT2D eigenvalue weighted by Crippen LogP contribution is -2.44. The molecule has 0 aliphatic carbocycles. The summed E-state index contributed by atoms with van der Waals surface area (Å²) in [7, 11) is -4.39. The molecule has 4 heterocycles. The average molecular weight is 620 g/mol. The molecule has 2 saturated heterocycles. The fraction of sp³-hybridized carbons (Fsp3) is 0.500. The van der Waals surface area contributed by atoms with Gasteiger partial charge in [0.05, 0.1) is 18.5 Å². The Morgan fingerprint density at radius 2 is 2.03 bits per heavy atom. The van der Waals surface area contributed by atoms with Crippen molar-refractivity contribution < 1.29 is 41.9 Å². The molecule has 2 fully saturated rings. The summed E-state index contributed by atoms with van der Waals surface area (Å²) >= 11 is 3.12. The fourth-order valence-corrected chi connectivity index (χ4v) is 6.73. The number of phosphoric acid groups is 1. The summed E-state index contributed by atoms with van der Waals surface area (Å²) in [6.07, 6.45) is -2.46. The zero-order chi connectivity index (χ0) is 27.6. The lowest BCUT2D eigenvalue weighted by Gasteiger charge is -2.39. The maximum absolute atomic E-state index is 14.6. The number of hydrogen-bond acceptors (Lipinski definition) is 11.